The van der Waals surface area contributed by atoms with Gasteiger partial charge in [-0.15, -0.1) is 0 Å². The van der Waals surface area contributed by atoms with Crippen LogP contribution in [0.1, 0.15) is 23.6 Å². The summed E-state index contributed by atoms with van der Waals surface area (Å²) in [6.07, 6.45) is 1.45. The molecule has 1 atom stereocenters. The van der Waals surface area contributed by atoms with Gasteiger partial charge in [-0.3, -0.25) is 0 Å². The quantitative estimate of drug-likeness (QED) is 0.889. The highest BCUT2D eigenvalue weighted by Gasteiger charge is 2.20. The van der Waals surface area contributed by atoms with Gasteiger partial charge in [-0.05, 0) is 55.5 Å². The second-order valence-corrected chi connectivity index (χ2v) is 5.56. The van der Waals surface area contributed by atoms with Crippen molar-refractivity contribution in [3.63, 3.8) is 0 Å². The number of hydrogen-bond donors (Lipinski definition) is 1. The predicted octanol–water partition coefficient (Wildman–Crippen LogP) is 3.64. The van der Waals surface area contributed by atoms with Gasteiger partial charge in [-0.25, -0.2) is 4.39 Å². The molecule has 0 bridgehead atoms. The second-order valence-electron chi connectivity index (χ2n) is 5.56. The zero-order chi connectivity index (χ0) is 13.9. The van der Waals surface area contributed by atoms with Crippen molar-refractivity contribution in [2.45, 2.75) is 32.2 Å². The average molecular weight is 257 g/mol. The first kappa shape index (κ1) is 13.8. The summed E-state index contributed by atoms with van der Waals surface area (Å²) in [7, 11) is 0. The summed E-state index contributed by atoms with van der Waals surface area (Å²) in [5, 5.41) is 0. The Labute approximate surface area is 114 Å². The molecule has 0 fully saturated rings. The minimum absolute atomic E-state index is 0.204. The Morgan fingerprint density at radius 3 is 2.47 bits per heavy atom. The van der Waals surface area contributed by atoms with Gasteiger partial charge in [0.15, 0.2) is 0 Å². The molecule has 0 spiro atoms. The van der Waals surface area contributed by atoms with Crippen LogP contribution in [0.15, 0.2) is 48.5 Å². The molecule has 0 aromatic heterocycles. The first-order chi connectivity index (χ1) is 8.96. The van der Waals surface area contributed by atoms with Crippen molar-refractivity contribution in [1.82, 2.24) is 0 Å². The van der Waals surface area contributed by atoms with E-state index in [4.69, 9.17) is 5.73 Å². The van der Waals surface area contributed by atoms with Gasteiger partial charge in [0.25, 0.3) is 0 Å². The molecule has 0 aliphatic heterocycles. The van der Waals surface area contributed by atoms with E-state index in [1.807, 2.05) is 25.1 Å². The van der Waals surface area contributed by atoms with Gasteiger partial charge in [-0.2, -0.15) is 0 Å². The molecule has 2 N–H and O–H groups in total. The summed E-state index contributed by atoms with van der Waals surface area (Å²) in [5.41, 5.74) is 9.45. The summed E-state index contributed by atoms with van der Waals surface area (Å²) in [6.45, 7) is 4.11. The maximum Gasteiger partial charge on any atom is 0.123 e. The molecule has 1 nitrogen and oxygen atoms in total. The van der Waals surface area contributed by atoms with Crippen molar-refractivity contribution in [3.8, 4) is 0 Å². The van der Waals surface area contributed by atoms with Crippen LogP contribution in [0.25, 0.3) is 0 Å². The monoisotopic (exact) mass is 257 g/mol. The molecule has 2 heteroatoms. The number of nitrogens with two attached hydrogens (primary N) is 1. The maximum atomic E-state index is 13.2. The molecule has 2 aromatic rings. The van der Waals surface area contributed by atoms with Crippen LogP contribution in [0.2, 0.25) is 0 Å². The van der Waals surface area contributed by atoms with Crippen molar-refractivity contribution in [3.05, 3.63) is 71.0 Å². The highest BCUT2D eigenvalue weighted by atomic mass is 19.1. The van der Waals surface area contributed by atoms with Crippen LogP contribution in [0.3, 0.4) is 0 Å². The van der Waals surface area contributed by atoms with E-state index in [-0.39, 0.29) is 11.4 Å². The summed E-state index contributed by atoms with van der Waals surface area (Å²) in [6, 6.07) is 14.9. The SMILES string of the molecule is Cc1ccccc1CC(C)(N)Cc1cccc(F)c1. The van der Waals surface area contributed by atoms with Crippen LogP contribution in [-0.4, -0.2) is 5.54 Å². The molecular formula is C17H20FN. The minimum Gasteiger partial charge on any atom is -0.325 e. The topological polar surface area (TPSA) is 26.0 Å². The largest absolute Gasteiger partial charge is 0.325 e. The highest BCUT2D eigenvalue weighted by molar-refractivity contribution is 5.28. The van der Waals surface area contributed by atoms with Crippen LogP contribution in [0.5, 0.6) is 0 Å². The highest BCUT2D eigenvalue weighted by Crippen LogP contribution is 2.19. The van der Waals surface area contributed by atoms with Crippen LogP contribution >= 0.6 is 0 Å². The van der Waals surface area contributed by atoms with Crippen LogP contribution in [0.4, 0.5) is 4.39 Å². The minimum atomic E-state index is -0.375. The van der Waals surface area contributed by atoms with Crippen LogP contribution in [0, 0.1) is 12.7 Å². The van der Waals surface area contributed by atoms with E-state index >= 15 is 0 Å². The fourth-order valence-corrected chi connectivity index (χ4v) is 2.42. The van der Waals surface area contributed by atoms with Gasteiger partial charge in [0.2, 0.25) is 0 Å². The van der Waals surface area contributed by atoms with Gasteiger partial charge in [-0.1, -0.05) is 36.4 Å². The third-order valence-corrected chi connectivity index (χ3v) is 3.35. The lowest BCUT2D eigenvalue weighted by Crippen LogP contribution is -2.41. The van der Waals surface area contributed by atoms with E-state index in [1.54, 1.807) is 12.1 Å². The van der Waals surface area contributed by atoms with E-state index in [9.17, 15) is 4.39 Å². The Balaban J connectivity index is 2.13. The van der Waals surface area contributed by atoms with E-state index in [0.717, 1.165) is 12.0 Å². The number of halogens is 1. The first-order valence-electron chi connectivity index (χ1n) is 6.54. The van der Waals surface area contributed by atoms with Gasteiger partial charge in [0.1, 0.15) is 5.82 Å². The Hall–Kier alpha value is -1.67. The summed E-state index contributed by atoms with van der Waals surface area (Å²) >= 11 is 0. The van der Waals surface area contributed by atoms with E-state index in [0.29, 0.717) is 6.42 Å². The summed E-state index contributed by atoms with van der Waals surface area (Å²) in [4.78, 5) is 0. The molecule has 19 heavy (non-hydrogen) atoms. The van der Waals surface area contributed by atoms with E-state index in [2.05, 4.69) is 19.1 Å². The molecule has 0 aliphatic rings. The van der Waals surface area contributed by atoms with E-state index < -0.39 is 0 Å². The number of rotatable bonds is 4. The smallest absolute Gasteiger partial charge is 0.123 e. The van der Waals surface area contributed by atoms with E-state index in [1.165, 1.54) is 17.2 Å². The van der Waals surface area contributed by atoms with Gasteiger partial charge in [0.05, 0.1) is 0 Å². The summed E-state index contributed by atoms with van der Waals surface area (Å²) < 4.78 is 13.2. The van der Waals surface area contributed by atoms with Gasteiger partial charge < -0.3 is 5.73 Å². The lowest BCUT2D eigenvalue weighted by Gasteiger charge is -2.26. The fraction of sp³-hybridized carbons (Fsp3) is 0.294. The van der Waals surface area contributed by atoms with Crippen molar-refractivity contribution in [2.75, 3.05) is 0 Å². The van der Waals surface area contributed by atoms with Gasteiger partial charge >= 0.3 is 0 Å². The molecule has 2 aromatic carbocycles. The molecule has 0 aliphatic carbocycles. The lowest BCUT2D eigenvalue weighted by molar-refractivity contribution is 0.460. The maximum absolute atomic E-state index is 13.2. The van der Waals surface area contributed by atoms with Crippen molar-refractivity contribution < 1.29 is 4.39 Å². The molecule has 0 heterocycles. The van der Waals surface area contributed by atoms with Crippen molar-refractivity contribution in [1.29, 1.82) is 0 Å². The number of aryl methyl sites for hydroxylation is 1. The Kier molecular flexibility index (Phi) is 4.01. The molecular weight excluding hydrogens is 237 g/mol. The zero-order valence-corrected chi connectivity index (χ0v) is 11.5. The fourth-order valence-electron chi connectivity index (χ4n) is 2.42. The Morgan fingerprint density at radius 1 is 1.05 bits per heavy atom. The van der Waals surface area contributed by atoms with Crippen LogP contribution in [-0.2, 0) is 12.8 Å². The summed E-state index contributed by atoms with van der Waals surface area (Å²) in [5.74, 6) is -0.204. The van der Waals surface area contributed by atoms with Crippen LogP contribution < -0.4 is 5.73 Å². The normalized spacial score (nSPS) is 14.1. The Bertz CT molecular complexity index is 561. The zero-order valence-electron chi connectivity index (χ0n) is 11.5. The molecule has 0 amide bonds. The number of benzene rings is 2. The first-order valence-corrected chi connectivity index (χ1v) is 6.54. The van der Waals surface area contributed by atoms with Gasteiger partial charge in [0, 0.05) is 5.54 Å². The molecule has 0 radical (unpaired) electrons. The number of hydrogen-bond acceptors (Lipinski definition) is 1. The second kappa shape index (κ2) is 5.54. The molecule has 0 saturated carbocycles. The third kappa shape index (κ3) is 3.90. The van der Waals surface area contributed by atoms with Crippen molar-refractivity contribution >= 4 is 0 Å². The standard InChI is InChI=1S/C17H20FN/c1-13-6-3-4-8-15(13)12-17(2,19)11-14-7-5-9-16(18)10-14/h3-10H,11-12,19H2,1-2H3. The average Bonchev–Trinajstić information content (AvgIpc) is 2.31. The molecule has 2 rings (SSSR count). The molecule has 0 saturated heterocycles. The Morgan fingerprint density at radius 2 is 1.79 bits per heavy atom. The molecule has 100 valence electrons. The lowest BCUT2D eigenvalue weighted by atomic mass is 9.86. The predicted molar refractivity (Wildman–Crippen MR) is 77.6 cm³/mol. The third-order valence-electron chi connectivity index (χ3n) is 3.35. The van der Waals surface area contributed by atoms with Crippen molar-refractivity contribution in [2.24, 2.45) is 5.73 Å². The molecule has 1 unspecified atom stereocenters.